The van der Waals surface area contributed by atoms with Gasteiger partial charge in [-0.05, 0) is 17.7 Å². The van der Waals surface area contributed by atoms with Crippen molar-refractivity contribution in [1.82, 2.24) is 5.32 Å². The first-order valence-corrected chi connectivity index (χ1v) is 9.05. The van der Waals surface area contributed by atoms with Gasteiger partial charge in [0.25, 0.3) is 0 Å². The molecule has 1 aromatic carbocycles. The van der Waals surface area contributed by atoms with Gasteiger partial charge in [-0.25, -0.2) is 4.39 Å². The Bertz CT molecular complexity index is 711. The van der Waals surface area contributed by atoms with Crippen molar-refractivity contribution >= 4 is 23.8 Å². The third kappa shape index (κ3) is 5.58. The highest BCUT2D eigenvalue weighted by molar-refractivity contribution is 6.14. The number of hydrogen-bond donors (Lipinski definition) is 3. The summed E-state index contributed by atoms with van der Waals surface area (Å²) < 4.78 is 23.4. The number of nitrogens with one attached hydrogen (secondary N) is 1. The van der Waals surface area contributed by atoms with E-state index in [9.17, 15) is 23.6 Å². The molecule has 9 nitrogen and oxygen atoms in total. The average molecular weight is 411 g/mol. The number of halogens is 1. The number of carbonyl (C=O) groups is 4. The van der Waals surface area contributed by atoms with Gasteiger partial charge in [0.05, 0.1) is 13.2 Å². The molecule has 1 unspecified atom stereocenters. The summed E-state index contributed by atoms with van der Waals surface area (Å²) >= 11 is 0. The summed E-state index contributed by atoms with van der Waals surface area (Å²) in [5.41, 5.74) is 0.211. The highest BCUT2D eigenvalue weighted by Crippen LogP contribution is 2.37. The zero-order valence-electron chi connectivity index (χ0n) is 15.5. The lowest BCUT2D eigenvalue weighted by Crippen LogP contribution is -2.56. The van der Waals surface area contributed by atoms with Crippen LogP contribution in [0.15, 0.2) is 24.3 Å². The van der Waals surface area contributed by atoms with Crippen molar-refractivity contribution in [3.05, 3.63) is 35.6 Å². The molecule has 1 fully saturated rings. The third-order valence-corrected chi connectivity index (χ3v) is 4.39. The second-order valence-electron chi connectivity index (χ2n) is 6.38. The SMILES string of the molecule is O=C1NC(=O)[C@@H](C(=O)OCCCO)C(c2ccc(F)cc2)[C@H]1C(=O)OCCCO. The Balaban J connectivity index is 2.39. The van der Waals surface area contributed by atoms with Crippen molar-refractivity contribution in [3.63, 3.8) is 0 Å². The van der Waals surface area contributed by atoms with E-state index in [1.807, 2.05) is 5.32 Å². The second-order valence-corrected chi connectivity index (χ2v) is 6.38. The second kappa shape index (κ2) is 10.6. The average Bonchev–Trinajstić information content (AvgIpc) is 2.68. The van der Waals surface area contributed by atoms with Crippen LogP contribution >= 0.6 is 0 Å². The Morgan fingerprint density at radius 3 is 1.76 bits per heavy atom. The van der Waals surface area contributed by atoms with Crippen LogP contribution in [-0.4, -0.2) is 60.4 Å². The van der Waals surface area contributed by atoms with E-state index in [0.717, 1.165) is 12.1 Å². The Morgan fingerprint density at radius 2 is 1.34 bits per heavy atom. The molecule has 0 spiro atoms. The summed E-state index contributed by atoms with van der Waals surface area (Å²) in [6, 6.07) is 4.70. The van der Waals surface area contributed by atoms with Crippen molar-refractivity contribution in [1.29, 1.82) is 0 Å². The molecule has 0 radical (unpaired) electrons. The quantitative estimate of drug-likeness (QED) is 0.217. The molecular weight excluding hydrogens is 389 g/mol. The molecule has 1 aliphatic heterocycles. The fourth-order valence-electron chi connectivity index (χ4n) is 3.03. The predicted octanol–water partition coefficient (Wildman–Crippen LogP) is -0.351. The number of aliphatic hydroxyl groups is 2. The molecule has 29 heavy (non-hydrogen) atoms. The molecule has 0 bridgehead atoms. The molecule has 0 saturated carbocycles. The van der Waals surface area contributed by atoms with Crippen LogP contribution in [0.2, 0.25) is 0 Å². The smallest absolute Gasteiger partial charge is 0.319 e. The van der Waals surface area contributed by atoms with Gasteiger partial charge < -0.3 is 19.7 Å². The van der Waals surface area contributed by atoms with E-state index in [1.54, 1.807) is 0 Å². The molecule has 158 valence electrons. The van der Waals surface area contributed by atoms with Gasteiger partial charge >= 0.3 is 11.9 Å². The third-order valence-electron chi connectivity index (χ3n) is 4.39. The number of esters is 2. The Kier molecular flexibility index (Phi) is 8.22. The number of piperidine rings is 1. The molecule has 0 aromatic heterocycles. The van der Waals surface area contributed by atoms with E-state index in [4.69, 9.17) is 19.7 Å². The van der Waals surface area contributed by atoms with Crippen molar-refractivity contribution < 1.29 is 43.3 Å². The van der Waals surface area contributed by atoms with E-state index in [-0.39, 0.29) is 44.8 Å². The van der Waals surface area contributed by atoms with E-state index >= 15 is 0 Å². The van der Waals surface area contributed by atoms with Crippen molar-refractivity contribution in [2.75, 3.05) is 26.4 Å². The first kappa shape index (κ1) is 22.4. The van der Waals surface area contributed by atoms with E-state index in [0.29, 0.717) is 0 Å². The van der Waals surface area contributed by atoms with Gasteiger partial charge in [0, 0.05) is 32.0 Å². The van der Waals surface area contributed by atoms with Crippen LogP contribution in [0, 0.1) is 17.7 Å². The largest absolute Gasteiger partial charge is 0.465 e. The van der Waals surface area contributed by atoms with E-state index < -0.39 is 47.3 Å². The maximum atomic E-state index is 13.4. The Labute approximate surface area is 165 Å². The molecule has 1 heterocycles. The minimum absolute atomic E-state index is 0.146. The molecule has 3 atom stereocenters. The van der Waals surface area contributed by atoms with Crippen LogP contribution in [0.1, 0.15) is 24.3 Å². The number of rotatable bonds is 9. The minimum Gasteiger partial charge on any atom is -0.465 e. The van der Waals surface area contributed by atoms with Crippen LogP contribution in [0.3, 0.4) is 0 Å². The number of aliphatic hydroxyl groups excluding tert-OH is 2. The zero-order chi connectivity index (χ0) is 21.4. The number of imide groups is 1. The van der Waals surface area contributed by atoms with Crippen molar-refractivity contribution in [3.8, 4) is 0 Å². The van der Waals surface area contributed by atoms with E-state index in [2.05, 4.69) is 0 Å². The lowest BCUT2D eigenvalue weighted by atomic mass is 9.73. The Hall–Kier alpha value is -2.85. The van der Waals surface area contributed by atoms with Gasteiger partial charge in [0.1, 0.15) is 17.7 Å². The molecule has 1 saturated heterocycles. The zero-order valence-corrected chi connectivity index (χ0v) is 15.5. The molecule has 1 aromatic rings. The summed E-state index contributed by atoms with van der Waals surface area (Å²) in [7, 11) is 0. The molecule has 1 aliphatic rings. The first-order valence-electron chi connectivity index (χ1n) is 9.05. The number of amides is 2. The van der Waals surface area contributed by atoms with Gasteiger partial charge in [-0.2, -0.15) is 0 Å². The first-order chi connectivity index (χ1) is 13.9. The molecule has 10 heteroatoms. The highest BCUT2D eigenvalue weighted by Gasteiger charge is 2.52. The molecule has 3 N–H and O–H groups in total. The van der Waals surface area contributed by atoms with Crippen LogP contribution < -0.4 is 5.32 Å². The lowest BCUT2D eigenvalue weighted by Gasteiger charge is -2.34. The molecule has 2 rings (SSSR count). The van der Waals surface area contributed by atoms with Crippen LogP contribution in [0.5, 0.6) is 0 Å². The van der Waals surface area contributed by atoms with Gasteiger partial charge in [0.15, 0.2) is 0 Å². The minimum atomic E-state index is -1.55. The standard InChI is InChI=1S/C19H22FNO8/c20-12-5-3-11(4-6-12)13-14(18(26)28-9-1-7-22)16(24)21-17(25)15(13)19(27)29-10-2-8-23/h3-6,13-15,22-23H,1-2,7-10H2,(H,21,24,25)/t13?,14-,15+. The van der Waals surface area contributed by atoms with E-state index in [1.165, 1.54) is 12.1 Å². The van der Waals surface area contributed by atoms with Crippen molar-refractivity contribution in [2.45, 2.75) is 18.8 Å². The fourth-order valence-corrected chi connectivity index (χ4v) is 3.03. The van der Waals surface area contributed by atoms with Crippen LogP contribution in [0.25, 0.3) is 0 Å². The summed E-state index contributed by atoms with van der Waals surface area (Å²) in [4.78, 5) is 49.9. The number of ether oxygens (including phenoxy) is 2. The van der Waals surface area contributed by atoms with Gasteiger partial charge in [0.2, 0.25) is 11.8 Å². The van der Waals surface area contributed by atoms with Gasteiger partial charge in [-0.15, -0.1) is 0 Å². The monoisotopic (exact) mass is 411 g/mol. The maximum Gasteiger partial charge on any atom is 0.319 e. The summed E-state index contributed by atoms with van der Waals surface area (Å²) in [6.45, 7) is -0.780. The summed E-state index contributed by atoms with van der Waals surface area (Å²) in [5.74, 6) is -8.79. The predicted molar refractivity (Wildman–Crippen MR) is 94.6 cm³/mol. The number of benzene rings is 1. The van der Waals surface area contributed by atoms with Crippen molar-refractivity contribution in [2.24, 2.45) is 11.8 Å². The maximum absolute atomic E-state index is 13.4. The summed E-state index contributed by atoms with van der Waals surface area (Å²) in [5, 5.41) is 19.6. The normalized spacial score (nSPS) is 21.4. The molecule has 2 amide bonds. The topological polar surface area (TPSA) is 139 Å². The lowest BCUT2D eigenvalue weighted by molar-refractivity contribution is -0.163. The van der Waals surface area contributed by atoms with Gasteiger partial charge in [-0.3, -0.25) is 24.5 Å². The molecule has 0 aliphatic carbocycles. The number of carbonyl (C=O) groups excluding carboxylic acids is 4. The number of hydrogen-bond acceptors (Lipinski definition) is 8. The highest BCUT2D eigenvalue weighted by atomic mass is 19.1. The van der Waals surface area contributed by atoms with Crippen LogP contribution in [-0.2, 0) is 28.7 Å². The summed E-state index contributed by atoms with van der Waals surface area (Å²) in [6.07, 6.45) is 0.291. The molecular formula is C19H22FNO8. The Morgan fingerprint density at radius 1 is 0.897 bits per heavy atom. The van der Waals surface area contributed by atoms with Crippen LogP contribution in [0.4, 0.5) is 4.39 Å². The van der Waals surface area contributed by atoms with Gasteiger partial charge in [-0.1, -0.05) is 12.1 Å². The fraction of sp³-hybridized carbons (Fsp3) is 0.474.